The highest BCUT2D eigenvalue weighted by atomic mass is 127. The van der Waals surface area contributed by atoms with Gasteiger partial charge < -0.3 is 20.3 Å². The molecule has 0 spiro atoms. The second-order valence-corrected chi connectivity index (χ2v) is 5.62. The number of hydrogen-bond donors (Lipinski definition) is 2. The number of hydrogen-bond acceptors (Lipinski definition) is 4. The van der Waals surface area contributed by atoms with Gasteiger partial charge in [-0.05, 0) is 45.7 Å². The highest BCUT2D eigenvalue weighted by Crippen LogP contribution is 2.07. The second-order valence-electron chi connectivity index (χ2n) is 5.62. The van der Waals surface area contributed by atoms with Crippen LogP contribution in [0.4, 0.5) is 0 Å². The first-order valence-corrected chi connectivity index (χ1v) is 8.57. The lowest BCUT2D eigenvalue weighted by molar-refractivity contribution is -0.140. The summed E-state index contributed by atoms with van der Waals surface area (Å²) in [5.41, 5.74) is 0. The Morgan fingerprint density at radius 2 is 1.91 bits per heavy atom. The third kappa shape index (κ3) is 11.6. The molecule has 0 radical (unpaired) electrons. The summed E-state index contributed by atoms with van der Waals surface area (Å²) in [4.78, 5) is 18.1. The molecule has 0 aromatic heterocycles. The fraction of sp³-hybridized carbons (Fsp3) is 0.875. The van der Waals surface area contributed by atoms with Crippen molar-refractivity contribution in [3.63, 3.8) is 0 Å². The number of carbonyl (C=O) groups is 1. The molecule has 1 saturated heterocycles. The van der Waals surface area contributed by atoms with Gasteiger partial charge >= 0.3 is 5.97 Å². The maximum absolute atomic E-state index is 11.0. The summed E-state index contributed by atoms with van der Waals surface area (Å²) in [5, 5.41) is 6.64. The first kappa shape index (κ1) is 22.4. The van der Waals surface area contributed by atoms with Crippen molar-refractivity contribution in [2.75, 3.05) is 46.4 Å². The number of unbranched alkanes of at least 4 members (excludes halogenated alkanes) is 1. The molecule has 1 heterocycles. The number of methoxy groups -OCH3 is 1. The zero-order valence-electron chi connectivity index (χ0n) is 14.6. The lowest BCUT2D eigenvalue weighted by atomic mass is 10.1. The van der Waals surface area contributed by atoms with Gasteiger partial charge in [0.2, 0.25) is 0 Å². The van der Waals surface area contributed by atoms with Crippen molar-refractivity contribution >= 4 is 35.9 Å². The largest absolute Gasteiger partial charge is 0.469 e. The third-order valence-corrected chi connectivity index (χ3v) is 3.80. The zero-order valence-corrected chi connectivity index (χ0v) is 16.9. The molecule has 6 nitrogen and oxygen atoms in total. The number of ether oxygens (including phenoxy) is 1. The molecule has 0 unspecified atom stereocenters. The smallest absolute Gasteiger partial charge is 0.305 e. The normalized spacial score (nSPS) is 15.7. The Labute approximate surface area is 157 Å². The van der Waals surface area contributed by atoms with Crippen LogP contribution in [0.2, 0.25) is 0 Å². The molecule has 0 aliphatic carbocycles. The van der Waals surface area contributed by atoms with Crippen LogP contribution >= 0.6 is 24.0 Å². The van der Waals surface area contributed by atoms with Crippen LogP contribution in [-0.4, -0.2) is 63.2 Å². The molecule has 7 heteroatoms. The zero-order chi connectivity index (χ0) is 16.0. The van der Waals surface area contributed by atoms with Gasteiger partial charge in [-0.3, -0.25) is 9.79 Å². The number of rotatable bonds is 9. The molecule has 23 heavy (non-hydrogen) atoms. The highest BCUT2D eigenvalue weighted by Gasteiger charge is 2.09. The number of nitrogens with one attached hydrogen (secondary N) is 2. The van der Waals surface area contributed by atoms with Crippen LogP contribution in [0.1, 0.15) is 45.4 Å². The number of guanidine groups is 1. The van der Waals surface area contributed by atoms with Gasteiger partial charge in [0.1, 0.15) is 0 Å². The van der Waals surface area contributed by atoms with E-state index in [1.165, 1.54) is 39.5 Å². The summed E-state index contributed by atoms with van der Waals surface area (Å²) in [6.07, 6.45) is 6.23. The van der Waals surface area contributed by atoms with Crippen molar-refractivity contribution in [2.45, 2.75) is 45.4 Å². The van der Waals surface area contributed by atoms with Crippen LogP contribution in [0, 0.1) is 0 Å². The molecule has 1 rings (SSSR count). The number of esters is 1. The Bertz CT molecular complexity index is 334. The van der Waals surface area contributed by atoms with Gasteiger partial charge in [-0.25, -0.2) is 0 Å². The first-order valence-electron chi connectivity index (χ1n) is 8.57. The summed E-state index contributed by atoms with van der Waals surface area (Å²) in [6.45, 7) is 8.11. The fourth-order valence-electron chi connectivity index (χ4n) is 2.53. The number of piperidine rings is 1. The standard InChI is InChI=1S/C16H32N4O2.HI/c1-3-17-16(18-10-6-5-9-15(21)22-2)19-11-14-20-12-7-4-8-13-20;/h3-14H2,1-2H3,(H2,17,18,19);1H. The van der Waals surface area contributed by atoms with Gasteiger partial charge in [0.15, 0.2) is 5.96 Å². The van der Waals surface area contributed by atoms with Crippen LogP contribution in [-0.2, 0) is 9.53 Å². The average molecular weight is 440 g/mol. The number of nitrogens with zero attached hydrogens (tertiary/aromatic N) is 2. The monoisotopic (exact) mass is 440 g/mol. The summed E-state index contributed by atoms with van der Waals surface area (Å²) in [6, 6.07) is 0. The minimum Gasteiger partial charge on any atom is -0.469 e. The van der Waals surface area contributed by atoms with E-state index in [0.717, 1.165) is 45.0 Å². The number of aliphatic imine (C=N–C) groups is 1. The van der Waals surface area contributed by atoms with Crippen molar-refractivity contribution < 1.29 is 9.53 Å². The highest BCUT2D eigenvalue weighted by molar-refractivity contribution is 14.0. The quantitative estimate of drug-likeness (QED) is 0.189. The first-order chi connectivity index (χ1) is 10.8. The SMILES string of the molecule is CCNC(=NCCCCC(=O)OC)NCCN1CCCCC1.I. The van der Waals surface area contributed by atoms with Crippen LogP contribution in [0.25, 0.3) is 0 Å². The van der Waals surface area contributed by atoms with E-state index < -0.39 is 0 Å². The van der Waals surface area contributed by atoms with Crippen molar-refractivity contribution in [3.8, 4) is 0 Å². The molecule has 1 aliphatic rings. The van der Waals surface area contributed by atoms with E-state index in [1.807, 2.05) is 0 Å². The van der Waals surface area contributed by atoms with Crippen molar-refractivity contribution in [2.24, 2.45) is 4.99 Å². The molecule has 0 aromatic carbocycles. The number of carbonyl (C=O) groups excluding carboxylic acids is 1. The summed E-state index contributed by atoms with van der Waals surface area (Å²) in [7, 11) is 1.43. The molecule has 0 amide bonds. The summed E-state index contributed by atoms with van der Waals surface area (Å²) in [5.74, 6) is 0.730. The van der Waals surface area contributed by atoms with Crippen LogP contribution in [0.15, 0.2) is 4.99 Å². The molecular weight excluding hydrogens is 407 g/mol. The van der Waals surface area contributed by atoms with Crippen molar-refractivity contribution in [1.82, 2.24) is 15.5 Å². The molecule has 1 fully saturated rings. The van der Waals surface area contributed by atoms with Crippen LogP contribution < -0.4 is 10.6 Å². The lowest BCUT2D eigenvalue weighted by Gasteiger charge is -2.26. The molecule has 0 atom stereocenters. The van der Waals surface area contributed by atoms with Gasteiger partial charge in [0.25, 0.3) is 0 Å². The fourth-order valence-corrected chi connectivity index (χ4v) is 2.53. The molecule has 1 aliphatic heterocycles. The lowest BCUT2D eigenvalue weighted by Crippen LogP contribution is -2.42. The number of halogens is 1. The molecule has 136 valence electrons. The van der Waals surface area contributed by atoms with Crippen LogP contribution in [0.5, 0.6) is 0 Å². The minimum absolute atomic E-state index is 0. The van der Waals surface area contributed by atoms with E-state index in [1.54, 1.807) is 0 Å². The topological polar surface area (TPSA) is 66.0 Å². The van der Waals surface area contributed by atoms with Crippen molar-refractivity contribution in [3.05, 3.63) is 0 Å². The Morgan fingerprint density at radius 1 is 1.17 bits per heavy atom. The summed E-state index contributed by atoms with van der Waals surface area (Å²) >= 11 is 0. The van der Waals surface area contributed by atoms with E-state index in [-0.39, 0.29) is 29.9 Å². The molecule has 0 bridgehead atoms. The van der Waals surface area contributed by atoms with Crippen LogP contribution in [0.3, 0.4) is 0 Å². The van der Waals surface area contributed by atoms with Gasteiger partial charge in [0.05, 0.1) is 7.11 Å². The second kappa shape index (κ2) is 15.0. The predicted molar refractivity (Wildman–Crippen MR) is 106 cm³/mol. The minimum atomic E-state index is -0.143. The van der Waals surface area contributed by atoms with E-state index in [0.29, 0.717) is 6.42 Å². The van der Waals surface area contributed by atoms with Gasteiger partial charge in [-0.15, -0.1) is 24.0 Å². The van der Waals surface area contributed by atoms with E-state index in [2.05, 4.69) is 32.2 Å². The number of likely N-dealkylation sites (tertiary alicyclic amines) is 1. The predicted octanol–water partition coefficient (Wildman–Crippen LogP) is 1.99. The Morgan fingerprint density at radius 3 is 2.57 bits per heavy atom. The summed E-state index contributed by atoms with van der Waals surface area (Å²) < 4.78 is 4.62. The van der Waals surface area contributed by atoms with Gasteiger partial charge in [-0.1, -0.05) is 6.42 Å². The third-order valence-electron chi connectivity index (χ3n) is 3.80. The molecule has 2 N–H and O–H groups in total. The van der Waals surface area contributed by atoms with E-state index >= 15 is 0 Å². The molecular formula is C16H33IN4O2. The molecule has 0 aromatic rings. The maximum Gasteiger partial charge on any atom is 0.305 e. The Balaban J connectivity index is 0.00000484. The Kier molecular flexibility index (Phi) is 14.6. The van der Waals surface area contributed by atoms with E-state index in [9.17, 15) is 4.79 Å². The van der Waals surface area contributed by atoms with E-state index in [4.69, 9.17) is 0 Å². The Hall–Kier alpha value is -0.570. The average Bonchev–Trinajstić information content (AvgIpc) is 2.55. The molecule has 0 saturated carbocycles. The van der Waals surface area contributed by atoms with Gasteiger partial charge in [0, 0.05) is 32.6 Å². The maximum atomic E-state index is 11.0. The van der Waals surface area contributed by atoms with Gasteiger partial charge in [-0.2, -0.15) is 0 Å². The van der Waals surface area contributed by atoms with Crippen molar-refractivity contribution in [1.29, 1.82) is 0 Å².